The van der Waals surface area contributed by atoms with Gasteiger partial charge in [-0.15, -0.1) is 0 Å². The van der Waals surface area contributed by atoms with Gasteiger partial charge in [0.1, 0.15) is 11.1 Å². The van der Waals surface area contributed by atoms with Gasteiger partial charge >= 0.3 is 11.9 Å². The lowest BCUT2D eigenvalue weighted by Crippen LogP contribution is -2.11. The molecule has 0 aliphatic rings. The van der Waals surface area contributed by atoms with E-state index in [9.17, 15) is 9.59 Å². The predicted molar refractivity (Wildman–Crippen MR) is 98.5 cm³/mol. The third-order valence-corrected chi connectivity index (χ3v) is 4.42. The van der Waals surface area contributed by atoms with E-state index in [1.807, 2.05) is 48.5 Å². The highest BCUT2D eigenvalue weighted by molar-refractivity contribution is 6.29. The Labute approximate surface area is 149 Å². The van der Waals surface area contributed by atoms with E-state index >= 15 is 0 Å². The second-order valence-corrected chi connectivity index (χ2v) is 5.81. The molecule has 0 radical (unpaired) electrons. The first-order valence-corrected chi connectivity index (χ1v) is 8.28. The van der Waals surface area contributed by atoms with Crippen LogP contribution < -0.4 is 0 Å². The van der Waals surface area contributed by atoms with E-state index in [1.165, 1.54) is 7.11 Å². The minimum atomic E-state index is -0.683. The van der Waals surface area contributed by atoms with Gasteiger partial charge in [0.15, 0.2) is 0 Å². The van der Waals surface area contributed by atoms with Crippen LogP contribution in [0.5, 0.6) is 0 Å². The molecule has 0 bridgehead atoms. The Morgan fingerprint density at radius 3 is 2.08 bits per heavy atom. The van der Waals surface area contributed by atoms with Crippen LogP contribution >= 0.6 is 0 Å². The smallest absolute Gasteiger partial charge is 0.375 e. The second-order valence-electron chi connectivity index (χ2n) is 5.81. The van der Waals surface area contributed by atoms with Gasteiger partial charge in [0, 0.05) is 10.8 Å². The lowest BCUT2D eigenvalue weighted by molar-refractivity contribution is 0.0472. The van der Waals surface area contributed by atoms with E-state index in [4.69, 9.17) is 13.9 Å². The van der Waals surface area contributed by atoms with E-state index in [0.29, 0.717) is 11.0 Å². The van der Waals surface area contributed by atoms with Gasteiger partial charge in [-0.1, -0.05) is 48.5 Å². The lowest BCUT2D eigenvalue weighted by Gasteiger charge is -2.06. The normalized spacial score (nSPS) is 11.2. The van der Waals surface area contributed by atoms with Crippen LogP contribution in [0.4, 0.5) is 0 Å². The largest absolute Gasteiger partial charge is 0.465 e. The second kappa shape index (κ2) is 6.19. The third-order valence-electron chi connectivity index (χ3n) is 4.42. The van der Waals surface area contributed by atoms with Crippen molar-refractivity contribution in [3.63, 3.8) is 0 Å². The Bertz CT molecular complexity index is 1170. The summed E-state index contributed by atoms with van der Waals surface area (Å²) in [6.07, 6.45) is 0. The average molecular weight is 348 g/mol. The molecule has 0 spiro atoms. The maximum absolute atomic E-state index is 12.5. The molecule has 4 aromatic rings. The fourth-order valence-corrected chi connectivity index (χ4v) is 3.37. The van der Waals surface area contributed by atoms with Gasteiger partial charge < -0.3 is 13.9 Å². The Balaban J connectivity index is 2.26. The third kappa shape index (κ3) is 2.24. The zero-order valence-corrected chi connectivity index (χ0v) is 14.4. The van der Waals surface area contributed by atoms with Crippen molar-refractivity contribution in [2.45, 2.75) is 6.92 Å². The molecule has 3 aromatic carbocycles. The maximum Gasteiger partial charge on any atom is 0.375 e. The highest BCUT2D eigenvalue weighted by Crippen LogP contribution is 2.39. The van der Waals surface area contributed by atoms with E-state index < -0.39 is 11.9 Å². The summed E-state index contributed by atoms with van der Waals surface area (Å²) in [5.41, 5.74) is 0.575. The number of benzene rings is 3. The minimum absolute atomic E-state index is 0.0999. The molecule has 0 fully saturated rings. The first-order chi connectivity index (χ1) is 12.7. The number of hydrogen-bond donors (Lipinski definition) is 0. The maximum atomic E-state index is 12.5. The van der Waals surface area contributed by atoms with Crippen molar-refractivity contribution in [3.05, 3.63) is 59.9 Å². The fraction of sp³-hybridized carbons (Fsp3) is 0.143. The van der Waals surface area contributed by atoms with Crippen molar-refractivity contribution in [1.29, 1.82) is 0 Å². The van der Waals surface area contributed by atoms with Crippen LogP contribution in [0.25, 0.3) is 32.5 Å². The minimum Gasteiger partial charge on any atom is -0.465 e. The monoisotopic (exact) mass is 348 g/mol. The summed E-state index contributed by atoms with van der Waals surface area (Å²) in [7, 11) is 1.28. The standard InChI is InChI=1S/C21H16O5/c1-3-25-21(23)19-17(20(22)24-2)16-14-10-6-4-8-12(14)13-9-5-7-11-15(13)18(16)26-19/h4-11H,3H2,1-2H3. The van der Waals surface area contributed by atoms with Gasteiger partial charge in [-0.2, -0.15) is 0 Å². The van der Waals surface area contributed by atoms with Crippen LogP contribution in [0.15, 0.2) is 52.9 Å². The molecule has 0 unspecified atom stereocenters. The Kier molecular flexibility index (Phi) is 3.84. The van der Waals surface area contributed by atoms with Crippen LogP contribution in [-0.2, 0) is 9.47 Å². The summed E-state index contributed by atoms with van der Waals surface area (Å²) in [4.78, 5) is 24.9. The molecule has 1 aromatic heterocycles. The molecule has 0 atom stereocenters. The molecule has 0 saturated heterocycles. The van der Waals surface area contributed by atoms with Gasteiger partial charge in [-0.05, 0) is 23.1 Å². The summed E-state index contributed by atoms with van der Waals surface area (Å²) >= 11 is 0. The number of carbonyl (C=O) groups excluding carboxylic acids is 2. The molecule has 5 nitrogen and oxygen atoms in total. The number of carbonyl (C=O) groups is 2. The number of rotatable bonds is 3. The van der Waals surface area contributed by atoms with Crippen LogP contribution in [0, 0.1) is 0 Å². The highest BCUT2D eigenvalue weighted by atomic mass is 16.5. The molecular formula is C21H16O5. The SMILES string of the molecule is CCOC(=O)c1oc2c3ccccc3c3ccccc3c2c1C(=O)OC. The molecule has 4 rings (SSSR count). The Morgan fingerprint density at radius 1 is 0.885 bits per heavy atom. The molecule has 0 N–H and O–H groups in total. The first-order valence-electron chi connectivity index (χ1n) is 8.28. The van der Waals surface area contributed by atoms with Gasteiger partial charge in [-0.25, -0.2) is 9.59 Å². The van der Waals surface area contributed by atoms with Crippen LogP contribution in [0.2, 0.25) is 0 Å². The van der Waals surface area contributed by atoms with E-state index in [-0.39, 0.29) is 17.9 Å². The number of fused-ring (bicyclic) bond motifs is 6. The van der Waals surface area contributed by atoms with Crippen molar-refractivity contribution in [2.24, 2.45) is 0 Å². The topological polar surface area (TPSA) is 65.7 Å². The van der Waals surface area contributed by atoms with Gasteiger partial charge in [0.25, 0.3) is 0 Å². The summed E-state index contributed by atoms with van der Waals surface area (Å²) in [5, 5.41) is 4.16. The molecular weight excluding hydrogens is 332 g/mol. The number of furan rings is 1. The van der Waals surface area contributed by atoms with Gasteiger partial charge in [0.05, 0.1) is 13.7 Å². The molecule has 0 saturated carbocycles. The Hall–Kier alpha value is -3.34. The lowest BCUT2D eigenvalue weighted by atomic mass is 9.96. The number of esters is 2. The predicted octanol–water partition coefficient (Wildman–Crippen LogP) is 4.70. The molecule has 5 heteroatoms. The molecule has 26 heavy (non-hydrogen) atoms. The van der Waals surface area contributed by atoms with E-state index in [0.717, 1.165) is 21.5 Å². The molecule has 0 aliphatic carbocycles. The van der Waals surface area contributed by atoms with Gasteiger partial charge in [0.2, 0.25) is 5.76 Å². The fourth-order valence-electron chi connectivity index (χ4n) is 3.37. The van der Waals surface area contributed by atoms with E-state index in [1.54, 1.807) is 6.92 Å². The highest BCUT2D eigenvalue weighted by Gasteiger charge is 2.30. The number of hydrogen-bond acceptors (Lipinski definition) is 5. The summed E-state index contributed by atoms with van der Waals surface area (Å²) in [6.45, 7) is 1.88. The zero-order chi connectivity index (χ0) is 18.3. The summed E-state index contributed by atoms with van der Waals surface area (Å²) in [5.74, 6) is -1.44. The summed E-state index contributed by atoms with van der Waals surface area (Å²) < 4.78 is 15.9. The molecule has 130 valence electrons. The number of ether oxygens (including phenoxy) is 2. The first kappa shape index (κ1) is 16.1. The van der Waals surface area contributed by atoms with Gasteiger partial charge in [-0.3, -0.25) is 0 Å². The zero-order valence-electron chi connectivity index (χ0n) is 14.4. The van der Waals surface area contributed by atoms with E-state index in [2.05, 4.69) is 0 Å². The molecule has 0 amide bonds. The van der Waals surface area contributed by atoms with Crippen LogP contribution in [-0.4, -0.2) is 25.7 Å². The average Bonchev–Trinajstić information content (AvgIpc) is 3.09. The Morgan fingerprint density at radius 2 is 1.46 bits per heavy atom. The molecule has 0 aliphatic heterocycles. The quantitative estimate of drug-likeness (QED) is 0.396. The van der Waals surface area contributed by atoms with Crippen molar-refractivity contribution >= 4 is 44.5 Å². The molecule has 1 heterocycles. The van der Waals surface area contributed by atoms with Crippen molar-refractivity contribution in [3.8, 4) is 0 Å². The van der Waals surface area contributed by atoms with Crippen molar-refractivity contribution in [1.82, 2.24) is 0 Å². The number of methoxy groups -OCH3 is 1. The van der Waals surface area contributed by atoms with Crippen LogP contribution in [0.3, 0.4) is 0 Å². The van der Waals surface area contributed by atoms with Crippen LogP contribution in [0.1, 0.15) is 27.8 Å². The van der Waals surface area contributed by atoms with Crippen molar-refractivity contribution < 1.29 is 23.5 Å². The summed E-state index contributed by atoms with van der Waals surface area (Å²) in [6, 6.07) is 15.4. The van der Waals surface area contributed by atoms with Crippen molar-refractivity contribution in [2.75, 3.05) is 13.7 Å².